The molecule has 128 valence electrons. The fourth-order valence-electron chi connectivity index (χ4n) is 2.22. The molecule has 0 unspecified atom stereocenters. The molecule has 0 bridgehead atoms. The molecule has 0 fully saturated rings. The number of carbonyl (C=O) groups is 2. The molecule has 0 radical (unpaired) electrons. The number of fused-ring (bicyclic) bond motifs is 1. The molecule has 0 spiro atoms. The van der Waals surface area contributed by atoms with Gasteiger partial charge in [-0.1, -0.05) is 60.1 Å². The van der Waals surface area contributed by atoms with Crippen molar-refractivity contribution < 1.29 is 9.59 Å². The lowest BCUT2D eigenvalue weighted by molar-refractivity contribution is -0.119. The van der Waals surface area contributed by atoms with E-state index < -0.39 is 5.91 Å². The number of halogens is 1. The van der Waals surface area contributed by atoms with Gasteiger partial charge < -0.3 is 0 Å². The van der Waals surface area contributed by atoms with Gasteiger partial charge in [-0.2, -0.15) is 0 Å². The molecule has 7 heteroatoms. The Kier molecular flexibility index (Phi) is 5.96. The standard InChI is InChI=1S/C18H15ClN2O2S2/c19-16-13-8-4-5-9-14(13)25-17(16)18(23)21-20-15(22)11-24-10-12-6-2-1-3-7-12/h1-9H,10-11H2,(H,20,22)(H,21,23). The average molecular weight is 391 g/mol. The second kappa shape index (κ2) is 8.38. The molecule has 0 saturated heterocycles. The fraction of sp³-hybridized carbons (Fsp3) is 0.111. The van der Waals surface area contributed by atoms with Crippen LogP contribution in [0.5, 0.6) is 0 Å². The number of nitrogens with one attached hydrogen (secondary N) is 2. The van der Waals surface area contributed by atoms with E-state index in [-0.39, 0.29) is 11.7 Å². The Morgan fingerprint density at radius 1 is 1.00 bits per heavy atom. The second-order valence-corrected chi connectivity index (χ2v) is 7.64. The first-order chi connectivity index (χ1) is 12.1. The van der Waals surface area contributed by atoms with Crippen LogP contribution in [0.25, 0.3) is 10.1 Å². The summed E-state index contributed by atoms with van der Waals surface area (Å²) in [4.78, 5) is 24.5. The van der Waals surface area contributed by atoms with E-state index in [0.717, 1.165) is 21.4 Å². The van der Waals surface area contributed by atoms with E-state index in [0.29, 0.717) is 9.90 Å². The number of hydrazine groups is 1. The molecule has 4 nitrogen and oxygen atoms in total. The van der Waals surface area contributed by atoms with E-state index in [1.807, 2.05) is 54.6 Å². The fourth-order valence-corrected chi connectivity index (χ4v) is 4.42. The Labute approximate surface area is 158 Å². The third kappa shape index (κ3) is 4.54. The minimum atomic E-state index is -0.410. The first-order valence-electron chi connectivity index (χ1n) is 7.53. The van der Waals surface area contributed by atoms with Crippen LogP contribution in [0.15, 0.2) is 54.6 Å². The first-order valence-corrected chi connectivity index (χ1v) is 9.88. The van der Waals surface area contributed by atoms with Crippen LogP contribution in [-0.4, -0.2) is 17.6 Å². The summed E-state index contributed by atoms with van der Waals surface area (Å²) in [6, 6.07) is 17.4. The van der Waals surface area contributed by atoms with Gasteiger partial charge in [0.1, 0.15) is 4.88 Å². The summed E-state index contributed by atoms with van der Waals surface area (Å²) in [7, 11) is 0. The molecule has 0 aliphatic rings. The first kappa shape index (κ1) is 17.8. The van der Waals surface area contributed by atoms with Crippen molar-refractivity contribution in [2.75, 3.05) is 5.75 Å². The summed E-state index contributed by atoms with van der Waals surface area (Å²) < 4.78 is 0.933. The van der Waals surface area contributed by atoms with Gasteiger partial charge in [-0.15, -0.1) is 23.1 Å². The lowest BCUT2D eigenvalue weighted by atomic mass is 10.2. The quantitative estimate of drug-likeness (QED) is 0.640. The van der Waals surface area contributed by atoms with Gasteiger partial charge in [-0.3, -0.25) is 20.4 Å². The van der Waals surface area contributed by atoms with Gasteiger partial charge in [-0.25, -0.2) is 0 Å². The highest BCUT2D eigenvalue weighted by Crippen LogP contribution is 2.34. The maximum atomic E-state index is 12.2. The molecule has 3 aromatic rings. The van der Waals surface area contributed by atoms with Crippen LogP contribution in [-0.2, 0) is 10.5 Å². The van der Waals surface area contributed by atoms with Crippen LogP contribution in [0.2, 0.25) is 5.02 Å². The van der Waals surface area contributed by atoms with Gasteiger partial charge in [0.15, 0.2) is 0 Å². The number of amides is 2. The number of benzene rings is 2. The van der Waals surface area contributed by atoms with Gasteiger partial charge in [0.25, 0.3) is 5.91 Å². The Morgan fingerprint density at radius 3 is 2.48 bits per heavy atom. The van der Waals surface area contributed by atoms with Gasteiger partial charge in [0, 0.05) is 15.8 Å². The van der Waals surface area contributed by atoms with E-state index in [1.165, 1.54) is 23.1 Å². The minimum Gasteiger partial charge on any atom is -0.272 e. The summed E-state index contributed by atoms with van der Waals surface area (Å²) in [6.07, 6.45) is 0. The maximum absolute atomic E-state index is 12.2. The van der Waals surface area contributed by atoms with Crippen molar-refractivity contribution in [1.29, 1.82) is 0 Å². The van der Waals surface area contributed by atoms with E-state index in [9.17, 15) is 9.59 Å². The highest BCUT2D eigenvalue weighted by atomic mass is 35.5. The van der Waals surface area contributed by atoms with E-state index >= 15 is 0 Å². The summed E-state index contributed by atoms with van der Waals surface area (Å²) in [5, 5.41) is 1.25. The normalized spacial score (nSPS) is 10.6. The second-order valence-electron chi connectivity index (χ2n) is 5.22. The molecule has 0 saturated carbocycles. The zero-order valence-electron chi connectivity index (χ0n) is 13.1. The third-order valence-electron chi connectivity index (χ3n) is 3.40. The average Bonchev–Trinajstić information content (AvgIpc) is 2.98. The summed E-state index contributed by atoms with van der Waals surface area (Å²) in [5.74, 6) is 0.332. The molecule has 1 heterocycles. The van der Waals surface area contributed by atoms with Crippen LogP contribution in [0.3, 0.4) is 0 Å². The summed E-state index contributed by atoms with van der Waals surface area (Å²) in [6.45, 7) is 0. The van der Waals surface area contributed by atoms with Crippen molar-refractivity contribution in [2.24, 2.45) is 0 Å². The summed E-state index contributed by atoms with van der Waals surface area (Å²) >= 11 is 9.03. The van der Waals surface area contributed by atoms with Crippen molar-refractivity contribution in [1.82, 2.24) is 10.9 Å². The summed E-state index contributed by atoms with van der Waals surface area (Å²) in [5.41, 5.74) is 6.00. The molecule has 25 heavy (non-hydrogen) atoms. The lowest BCUT2D eigenvalue weighted by Crippen LogP contribution is -2.42. The van der Waals surface area contributed by atoms with Gasteiger partial charge in [0.2, 0.25) is 5.91 Å². The molecule has 0 aliphatic heterocycles. The van der Waals surface area contributed by atoms with E-state index in [4.69, 9.17) is 11.6 Å². The zero-order valence-corrected chi connectivity index (χ0v) is 15.5. The van der Waals surface area contributed by atoms with Crippen LogP contribution >= 0.6 is 34.7 Å². The van der Waals surface area contributed by atoms with Gasteiger partial charge >= 0.3 is 0 Å². The number of carbonyl (C=O) groups excluding carboxylic acids is 2. The smallest absolute Gasteiger partial charge is 0.272 e. The van der Waals surface area contributed by atoms with Gasteiger partial charge in [-0.05, 0) is 11.6 Å². The largest absolute Gasteiger partial charge is 0.281 e. The Morgan fingerprint density at radius 2 is 1.72 bits per heavy atom. The van der Waals surface area contributed by atoms with Crippen molar-refractivity contribution >= 4 is 56.6 Å². The monoisotopic (exact) mass is 390 g/mol. The Hall–Kier alpha value is -2.02. The number of hydrogen-bond donors (Lipinski definition) is 2. The van der Waals surface area contributed by atoms with Crippen LogP contribution in [0.4, 0.5) is 0 Å². The van der Waals surface area contributed by atoms with E-state index in [2.05, 4.69) is 10.9 Å². The number of thiophene rings is 1. The molecule has 1 aromatic heterocycles. The molecule has 2 amide bonds. The van der Waals surface area contributed by atoms with Crippen molar-refractivity contribution in [3.63, 3.8) is 0 Å². The Balaban J connectivity index is 1.49. The zero-order chi connectivity index (χ0) is 17.6. The minimum absolute atomic E-state index is 0.258. The highest BCUT2D eigenvalue weighted by Gasteiger charge is 2.17. The topological polar surface area (TPSA) is 58.2 Å². The van der Waals surface area contributed by atoms with Crippen LogP contribution in [0, 0.1) is 0 Å². The maximum Gasteiger partial charge on any atom is 0.281 e. The van der Waals surface area contributed by atoms with Crippen LogP contribution in [0.1, 0.15) is 15.2 Å². The number of hydrogen-bond acceptors (Lipinski definition) is 4. The highest BCUT2D eigenvalue weighted by molar-refractivity contribution is 7.99. The molecule has 0 atom stereocenters. The third-order valence-corrected chi connectivity index (χ3v) is 6.08. The van der Waals surface area contributed by atoms with E-state index in [1.54, 1.807) is 0 Å². The molecular weight excluding hydrogens is 376 g/mol. The number of thioether (sulfide) groups is 1. The predicted molar refractivity (Wildman–Crippen MR) is 105 cm³/mol. The predicted octanol–water partition coefficient (Wildman–Crippen LogP) is 4.25. The molecule has 2 N–H and O–H groups in total. The van der Waals surface area contributed by atoms with Crippen LogP contribution < -0.4 is 10.9 Å². The van der Waals surface area contributed by atoms with Gasteiger partial charge in [0.05, 0.1) is 10.8 Å². The SMILES string of the molecule is O=C(CSCc1ccccc1)NNC(=O)c1sc2ccccc2c1Cl. The van der Waals surface area contributed by atoms with Crippen molar-refractivity contribution in [3.05, 3.63) is 70.1 Å². The molecule has 0 aliphatic carbocycles. The lowest BCUT2D eigenvalue weighted by Gasteiger charge is -2.06. The van der Waals surface area contributed by atoms with Crippen molar-refractivity contribution in [2.45, 2.75) is 5.75 Å². The van der Waals surface area contributed by atoms with Crippen molar-refractivity contribution in [3.8, 4) is 0 Å². The Bertz CT molecular complexity index is 896. The molecule has 2 aromatic carbocycles. The number of rotatable bonds is 5. The molecular formula is C18H15ClN2O2S2. The molecule has 3 rings (SSSR count).